The number of aromatic nitrogens is 4. The summed E-state index contributed by atoms with van der Waals surface area (Å²) in [6.07, 6.45) is 1.58. The van der Waals surface area contributed by atoms with Crippen LogP contribution in [0.25, 0.3) is 11.1 Å². The lowest BCUT2D eigenvalue weighted by Gasteiger charge is -2.51. The van der Waals surface area contributed by atoms with Crippen molar-refractivity contribution in [2.75, 3.05) is 18.5 Å². The van der Waals surface area contributed by atoms with Crippen molar-refractivity contribution in [2.24, 2.45) is 12.2 Å². The number of nitrogens with one attached hydrogen (secondary N) is 3. The average Bonchev–Trinajstić information content (AvgIpc) is 3.75. The SMILES string of the molecule is C[n+]1cc(-c2ccc(OCC(O/N=C(\C(=O)NC3C(=O)N(OS(=O)(=O)[O-])C3(C)C)c3nsc(NC(=O)OC(C)(C)C)n3)C(=O)OC(C)(C)C)cc2)cn1CCCNC(=O)OC(C)(C)C. The van der Waals surface area contributed by atoms with Crippen LogP contribution in [0.5, 0.6) is 5.75 Å². The molecule has 1 fully saturated rings. The van der Waals surface area contributed by atoms with Gasteiger partial charge in [-0.1, -0.05) is 17.3 Å². The molecule has 2 unspecified atom stereocenters. The van der Waals surface area contributed by atoms with Crippen LogP contribution >= 0.6 is 11.5 Å². The number of rotatable bonds is 17. The van der Waals surface area contributed by atoms with E-state index in [2.05, 4.69) is 34.7 Å². The lowest BCUT2D eigenvalue weighted by molar-refractivity contribution is -0.753. The molecule has 1 aliphatic heterocycles. The van der Waals surface area contributed by atoms with Crippen LogP contribution in [0.4, 0.5) is 14.7 Å². The third kappa shape index (κ3) is 15.1. The van der Waals surface area contributed by atoms with E-state index in [9.17, 15) is 36.9 Å². The van der Waals surface area contributed by atoms with Crippen LogP contribution in [-0.2, 0) is 61.7 Å². The quantitative estimate of drug-likeness (QED) is 0.0202. The second-order valence-corrected chi connectivity index (χ2v) is 19.6. The molecule has 64 heavy (non-hydrogen) atoms. The number of nitrogens with zero attached hydrogens (tertiary/aromatic N) is 6. The molecule has 352 valence electrons. The number of oxime groups is 1. The Morgan fingerprint density at radius 3 is 2.14 bits per heavy atom. The number of aryl methyl sites for hydroxylation is 2. The Labute approximate surface area is 374 Å². The van der Waals surface area contributed by atoms with E-state index >= 15 is 0 Å². The van der Waals surface area contributed by atoms with Gasteiger partial charge < -0.3 is 39.0 Å². The van der Waals surface area contributed by atoms with Gasteiger partial charge in [-0.15, -0.1) is 4.68 Å². The topological polar surface area (TPSA) is 284 Å². The first-order valence-corrected chi connectivity index (χ1v) is 21.9. The van der Waals surface area contributed by atoms with E-state index in [1.165, 1.54) is 13.8 Å². The Morgan fingerprint density at radius 2 is 1.56 bits per heavy atom. The number of amides is 4. The maximum absolute atomic E-state index is 13.8. The third-order valence-electron chi connectivity index (χ3n) is 8.36. The Balaban J connectivity index is 1.53. The van der Waals surface area contributed by atoms with Gasteiger partial charge in [0.1, 0.15) is 35.2 Å². The minimum Gasteiger partial charge on any atom is -0.724 e. The number of ether oxygens (including phenoxy) is 4. The van der Waals surface area contributed by atoms with E-state index in [1.807, 2.05) is 40.9 Å². The fourth-order valence-electron chi connectivity index (χ4n) is 5.58. The first kappa shape index (κ1) is 50.7. The highest BCUT2D eigenvalue weighted by molar-refractivity contribution is 7.80. The monoisotopic (exact) mass is 937 g/mol. The molecule has 0 spiro atoms. The molecule has 0 radical (unpaired) electrons. The minimum absolute atomic E-state index is 0.126. The first-order chi connectivity index (χ1) is 29.4. The average molecular weight is 938 g/mol. The first-order valence-electron chi connectivity index (χ1n) is 19.8. The number of esters is 1. The van der Waals surface area contributed by atoms with Crippen molar-refractivity contribution in [3.05, 3.63) is 42.5 Å². The summed E-state index contributed by atoms with van der Waals surface area (Å²) in [6.45, 7) is 18.4. The van der Waals surface area contributed by atoms with Crippen molar-refractivity contribution >= 4 is 62.7 Å². The Morgan fingerprint density at radius 1 is 0.953 bits per heavy atom. The number of hydroxylamine groups is 2. The van der Waals surface area contributed by atoms with Crippen molar-refractivity contribution < 1.29 is 69.7 Å². The molecule has 1 aliphatic rings. The van der Waals surface area contributed by atoms with Crippen LogP contribution in [0.3, 0.4) is 0 Å². The van der Waals surface area contributed by atoms with Crippen LogP contribution < -0.4 is 25.4 Å². The van der Waals surface area contributed by atoms with Gasteiger partial charge in [0.05, 0.1) is 23.8 Å². The molecule has 23 nitrogen and oxygen atoms in total. The zero-order valence-corrected chi connectivity index (χ0v) is 39.3. The Hall–Kier alpha value is -5.92. The molecule has 1 aromatic carbocycles. The number of carbonyl (C=O) groups is 5. The largest absolute Gasteiger partial charge is 0.724 e. The zero-order valence-electron chi connectivity index (χ0n) is 37.7. The van der Waals surface area contributed by atoms with Crippen molar-refractivity contribution in [1.29, 1.82) is 0 Å². The number of carbonyl (C=O) groups excluding carboxylic acids is 5. The van der Waals surface area contributed by atoms with Crippen LogP contribution in [0.1, 0.15) is 88.4 Å². The van der Waals surface area contributed by atoms with Gasteiger partial charge in [-0.2, -0.15) is 23.4 Å². The zero-order chi connectivity index (χ0) is 48.0. The summed E-state index contributed by atoms with van der Waals surface area (Å²) >= 11 is 0.636. The van der Waals surface area contributed by atoms with E-state index in [4.69, 9.17) is 23.8 Å². The lowest BCUT2D eigenvalue weighted by Crippen LogP contribution is -2.76. The van der Waals surface area contributed by atoms with Gasteiger partial charge in [0, 0.05) is 18.1 Å². The maximum atomic E-state index is 13.8. The number of anilines is 1. The molecule has 0 aliphatic carbocycles. The molecular weight excluding hydrogens is 883 g/mol. The van der Waals surface area contributed by atoms with E-state index < -0.39 is 93.0 Å². The molecule has 2 aromatic heterocycles. The van der Waals surface area contributed by atoms with Crippen molar-refractivity contribution in [3.63, 3.8) is 0 Å². The van der Waals surface area contributed by atoms with E-state index in [1.54, 1.807) is 74.4 Å². The highest BCUT2D eigenvalue weighted by atomic mass is 32.3. The van der Waals surface area contributed by atoms with Gasteiger partial charge in [0.25, 0.3) is 17.9 Å². The highest BCUT2D eigenvalue weighted by Gasteiger charge is 2.57. The van der Waals surface area contributed by atoms with Gasteiger partial charge in [-0.25, -0.2) is 22.8 Å². The van der Waals surface area contributed by atoms with Crippen molar-refractivity contribution in [3.8, 4) is 16.9 Å². The number of alkyl carbamates (subject to hydrolysis) is 1. The molecule has 25 heteroatoms. The molecule has 3 N–H and O–H groups in total. The van der Waals surface area contributed by atoms with E-state index in [0.717, 1.165) is 11.1 Å². The van der Waals surface area contributed by atoms with Gasteiger partial charge in [0.15, 0.2) is 7.05 Å². The van der Waals surface area contributed by atoms with E-state index in [0.29, 0.717) is 41.9 Å². The minimum atomic E-state index is -5.34. The fourth-order valence-corrected chi connectivity index (χ4v) is 6.58. The lowest BCUT2D eigenvalue weighted by atomic mass is 9.84. The van der Waals surface area contributed by atoms with Gasteiger partial charge >= 0.3 is 18.2 Å². The summed E-state index contributed by atoms with van der Waals surface area (Å²) in [6, 6.07) is 5.51. The molecule has 3 aromatic rings. The third-order valence-corrected chi connectivity index (χ3v) is 9.32. The predicted octanol–water partition coefficient (Wildman–Crippen LogP) is 3.10. The molecule has 0 saturated carbocycles. The van der Waals surface area contributed by atoms with Crippen LogP contribution in [0.2, 0.25) is 0 Å². The summed E-state index contributed by atoms with van der Waals surface area (Å²) in [5.41, 5.74) is -2.94. The molecular formula is C39H55N9O14S2. The molecule has 1 saturated heterocycles. The predicted molar refractivity (Wildman–Crippen MR) is 226 cm³/mol. The summed E-state index contributed by atoms with van der Waals surface area (Å²) in [4.78, 5) is 74.3. The summed E-state index contributed by atoms with van der Waals surface area (Å²) in [7, 11) is -3.45. The Kier molecular flexibility index (Phi) is 15.7. The van der Waals surface area contributed by atoms with Gasteiger partial charge in [0.2, 0.25) is 33.3 Å². The van der Waals surface area contributed by atoms with Crippen molar-refractivity contribution in [1.82, 2.24) is 29.7 Å². The normalized spacial score (nSPS) is 16.0. The summed E-state index contributed by atoms with van der Waals surface area (Å²) < 4.78 is 67.9. The maximum Gasteiger partial charge on any atom is 0.414 e. The molecule has 4 amide bonds. The standard InChI is InChI=1S/C39H55N9O14S2/c1-36(2,3)58-32(51)26(22-57-25-16-14-23(15-17-25)24-20-46(12)47(21-24)19-13-18-40-34(52)59-37(4,5)6)61-44-27(29-42-33(63-45-29)43-35(53)60-38(7,8)9)30(49)41-28-31(50)48(39(28,10)11)62-64(54,55)56/h14-17,20-21,26,28H,13,18-19,22H2,1-12H3,(H3-,40,41,42,43,45,49,52,53,54,55,56)/b44-27-. The van der Waals surface area contributed by atoms with Crippen molar-refractivity contribution in [2.45, 2.75) is 124 Å². The van der Waals surface area contributed by atoms with Gasteiger partial charge in [-0.3, -0.25) is 14.9 Å². The number of β-lactam (4-membered cyclic amide) rings is 1. The molecule has 2 atom stereocenters. The number of hydrogen-bond donors (Lipinski definition) is 3. The summed E-state index contributed by atoms with van der Waals surface area (Å²) in [5, 5.41) is 11.6. The summed E-state index contributed by atoms with van der Waals surface area (Å²) in [5.74, 6) is -3.25. The molecule has 3 heterocycles. The van der Waals surface area contributed by atoms with Crippen LogP contribution in [-0.4, -0.2) is 115 Å². The number of hydrogen-bond acceptors (Lipinski definition) is 18. The second-order valence-electron chi connectivity index (χ2n) is 17.9. The highest BCUT2D eigenvalue weighted by Crippen LogP contribution is 2.33. The second kappa shape index (κ2) is 19.9. The molecule has 4 rings (SSSR count). The smallest absolute Gasteiger partial charge is 0.414 e. The molecule has 0 bridgehead atoms. The van der Waals surface area contributed by atoms with E-state index in [-0.39, 0.29) is 5.13 Å². The Bertz CT molecular complexity index is 2320. The van der Waals surface area contributed by atoms with Crippen LogP contribution in [0, 0.1) is 0 Å². The van der Waals surface area contributed by atoms with Gasteiger partial charge in [-0.05, 0) is 100 Å². The number of benzene rings is 1. The fraction of sp³-hybridized carbons (Fsp3) is 0.564. The van der Waals surface area contributed by atoms with Crippen LogP contribution in [0.15, 0.2) is 41.8 Å².